The number of sulfonamides is 1. The molecule has 0 aliphatic carbocycles. The highest BCUT2D eigenvalue weighted by Gasteiger charge is 2.26. The van der Waals surface area contributed by atoms with E-state index in [0.29, 0.717) is 5.56 Å². The van der Waals surface area contributed by atoms with Gasteiger partial charge in [0.05, 0.1) is 6.61 Å². The van der Waals surface area contributed by atoms with E-state index < -0.39 is 16.0 Å². The van der Waals surface area contributed by atoms with Crippen LogP contribution in [0.15, 0.2) is 10.3 Å². The number of nitrogens with one attached hydrogen (secondary N) is 1. The Bertz CT molecular complexity index is 491. The van der Waals surface area contributed by atoms with Crippen LogP contribution in [0, 0.1) is 6.92 Å². The van der Waals surface area contributed by atoms with Gasteiger partial charge in [-0.05, 0) is 24.8 Å². The molecule has 0 aromatic carbocycles. The molecule has 1 aromatic heterocycles. The summed E-state index contributed by atoms with van der Waals surface area (Å²) >= 11 is 0.870. The Kier molecular flexibility index (Phi) is 4.03. The third-order valence-corrected chi connectivity index (χ3v) is 4.31. The largest absolute Gasteiger partial charge is 0.477 e. The van der Waals surface area contributed by atoms with Gasteiger partial charge in [0.1, 0.15) is 9.77 Å². The Balaban J connectivity index is 3.21. The Labute approximate surface area is 96.9 Å². The van der Waals surface area contributed by atoms with Crippen LogP contribution in [-0.2, 0) is 14.9 Å². The summed E-state index contributed by atoms with van der Waals surface area (Å²) in [5.41, 5.74) is 0.384. The van der Waals surface area contributed by atoms with Crippen molar-refractivity contribution in [1.82, 2.24) is 4.89 Å². The fourth-order valence-electron chi connectivity index (χ4n) is 1.09. The zero-order chi connectivity index (χ0) is 12.3. The SMILES string of the molecule is CCONS(=O)(=O)c1c(C)csc1C(=O)O. The minimum Gasteiger partial charge on any atom is -0.477 e. The predicted octanol–water partition coefficient (Wildman–Crippen LogP) is 0.985. The van der Waals surface area contributed by atoms with Crippen molar-refractivity contribution in [3.05, 3.63) is 15.8 Å². The van der Waals surface area contributed by atoms with Crippen LogP contribution in [0.5, 0.6) is 0 Å². The van der Waals surface area contributed by atoms with E-state index in [4.69, 9.17) is 5.11 Å². The smallest absolute Gasteiger partial charge is 0.347 e. The molecule has 0 spiro atoms. The first kappa shape index (κ1) is 13.1. The lowest BCUT2D eigenvalue weighted by Crippen LogP contribution is -2.25. The number of carbonyl (C=O) groups is 1. The maximum atomic E-state index is 11.7. The van der Waals surface area contributed by atoms with Crippen LogP contribution in [0.25, 0.3) is 0 Å². The number of thiophene rings is 1. The van der Waals surface area contributed by atoms with E-state index in [0.717, 1.165) is 11.3 Å². The first-order valence-corrected chi connectivity index (χ1v) is 6.71. The topological polar surface area (TPSA) is 92.7 Å². The molecule has 2 N–H and O–H groups in total. The first-order valence-electron chi connectivity index (χ1n) is 4.35. The summed E-state index contributed by atoms with van der Waals surface area (Å²) < 4.78 is 23.4. The molecule has 0 bridgehead atoms. The number of carboxylic acids is 1. The molecule has 1 rings (SSSR count). The van der Waals surface area contributed by atoms with Crippen LogP contribution in [0.3, 0.4) is 0 Å². The van der Waals surface area contributed by atoms with Gasteiger partial charge in [0.25, 0.3) is 10.0 Å². The summed E-state index contributed by atoms with van der Waals surface area (Å²) in [6, 6.07) is 0. The Morgan fingerprint density at radius 3 is 2.75 bits per heavy atom. The molecule has 0 fully saturated rings. The first-order chi connectivity index (χ1) is 7.40. The van der Waals surface area contributed by atoms with Crippen LogP contribution in [-0.4, -0.2) is 26.1 Å². The zero-order valence-electron chi connectivity index (χ0n) is 8.68. The van der Waals surface area contributed by atoms with E-state index in [1.54, 1.807) is 6.92 Å². The third kappa shape index (κ3) is 2.59. The molecule has 0 amide bonds. The van der Waals surface area contributed by atoms with Gasteiger partial charge < -0.3 is 5.11 Å². The molecule has 0 unspecified atom stereocenters. The van der Waals surface area contributed by atoms with Gasteiger partial charge in [0.15, 0.2) is 0 Å². The van der Waals surface area contributed by atoms with Crippen molar-refractivity contribution in [2.24, 2.45) is 0 Å². The van der Waals surface area contributed by atoms with Gasteiger partial charge in [-0.2, -0.15) is 0 Å². The number of aryl methyl sites for hydroxylation is 1. The number of rotatable bonds is 5. The van der Waals surface area contributed by atoms with Crippen LogP contribution in [0.4, 0.5) is 0 Å². The number of hydrogen-bond acceptors (Lipinski definition) is 5. The molecule has 0 atom stereocenters. The molecule has 0 saturated carbocycles. The molecule has 16 heavy (non-hydrogen) atoms. The summed E-state index contributed by atoms with van der Waals surface area (Å²) in [7, 11) is -3.93. The number of carboxylic acid groups (broad SMARTS) is 1. The van der Waals surface area contributed by atoms with Crippen molar-refractivity contribution in [2.75, 3.05) is 6.61 Å². The van der Waals surface area contributed by atoms with Gasteiger partial charge in [0.2, 0.25) is 0 Å². The van der Waals surface area contributed by atoms with Gasteiger partial charge in [-0.3, -0.25) is 4.84 Å². The molecule has 1 aromatic rings. The molecule has 0 aliphatic heterocycles. The predicted molar refractivity (Wildman–Crippen MR) is 58.0 cm³/mol. The van der Waals surface area contributed by atoms with Crippen LogP contribution < -0.4 is 4.89 Å². The van der Waals surface area contributed by atoms with E-state index in [1.807, 2.05) is 4.89 Å². The average molecular weight is 265 g/mol. The molecule has 6 nitrogen and oxygen atoms in total. The second-order valence-electron chi connectivity index (χ2n) is 2.90. The van der Waals surface area contributed by atoms with Crippen LogP contribution in [0.2, 0.25) is 0 Å². The van der Waals surface area contributed by atoms with E-state index in [-0.39, 0.29) is 16.4 Å². The van der Waals surface area contributed by atoms with Gasteiger partial charge in [-0.25, -0.2) is 13.2 Å². The van der Waals surface area contributed by atoms with E-state index >= 15 is 0 Å². The number of hydrogen-bond donors (Lipinski definition) is 2. The zero-order valence-corrected chi connectivity index (χ0v) is 10.3. The number of aromatic carboxylic acids is 1. The minimum atomic E-state index is -3.93. The quantitative estimate of drug-likeness (QED) is 0.774. The summed E-state index contributed by atoms with van der Waals surface area (Å²) in [4.78, 5) is 16.8. The van der Waals surface area contributed by atoms with E-state index in [1.165, 1.54) is 12.3 Å². The Hall–Kier alpha value is -0.960. The van der Waals surface area contributed by atoms with Crippen molar-refractivity contribution in [3.8, 4) is 0 Å². The lowest BCUT2D eigenvalue weighted by molar-refractivity contribution is 0.0697. The molecule has 0 saturated heterocycles. The fraction of sp³-hybridized carbons (Fsp3) is 0.375. The van der Waals surface area contributed by atoms with Gasteiger partial charge >= 0.3 is 5.97 Å². The minimum absolute atomic E-state index is 0.158. The second kappa shape index (κ2) is 4.91. The summed E-state index contributed by atoms with van der Waals surface area (Å²) in [6.07, 6.45) is 0. The van der Waals surface area contributed by atoms with Gasteiger partial charge in [-0.1, -0.05) is 4.89 Å². The average Bonchev–Trinajstić information content (AvgIpc) is 2.58. The van der Waals surface area contributed by atoms with Crippen molar-refractivity contribution >= 4 is 27.3 Å². The van der Waals surface area contributed by atoms with Crippen molar-refractivity contribution in [2.45, 2.75) is 18.7 Å². The van der Waals surface area contributed by atoms with Crippen LogP contribution >= 0.6 is 11.3 Å². The maximum Gasteiger partial charge on any atom is 0.347 e. The highest BCUT2D eigenvalue weighted by molar-refractivity contribution is 7.89. The lowest BCUT2D eigenvalue weighted by atomic mass is 10.3. The Morgan fingerprint density at radius 1 is 1.62 bits per heavy atom. The summed E-state index contributed by atoms with van der Waals surface area (Å²) in [5, 5.41) is 10.3. The summed E-state index contributed by atoms with van der Waals surface area (Å²) in [6.45, 7) is 3.30. The summed E-state index contributed by atoms with van der Waals surface area (Å²) in [5.74, 6) is -1.27. The standard InChI is InChI=1S/C8H11NO5S2/c1-3-14-9-16(12,13)7-5(2)4-15-6(7)8(10)11/h4,9H,3H2,1-2H3,(H,10,11). The Morgan fingerprint density at radius 2 is 2.25 bits per heavy atom. The molecule has 90 valence electrons. The normalized spacial score (nSPS) is 11.6. The highest BCUT2D eigenvalue weighted by atomic mass is 32.2. The van der Waals surface area contributed by atoms with Crippen LogP contribution in [0.1, 0.15) is 22.2 Å². The maximum absolute atomic E-state index is 11.7. The second-order valence-corrected chi connectivity index (χ2v) is 5.36. The lowest BCUT2D eigenvalue weighted by Gasteiger charge is -2.06. The van der Waals surface area contributed by atoms with Gasteiger partial charge in [-0.15, -0.1) is 11.3 Å². The molecule has 0 radical (unpaired) electrons. The molecule has 0 aliphatic rings. The fourth-order valence-corrected chi connectivity index (χ4v) is 3.59. The molecule has 8 heteroatoms. The van der Waals surface area contributed by atoms with Crippen molar-refractivity contribution < 1.29 is 23.2 Å². The van der Waals surface area contributed by atoms with E-state index in [2.05, 4.69) is 4.84 Å². The van der Waals surface area contributed by atoms with Gasteiger partial charge in [0, 0.05) is 0 Å². The molecular formula is C8H11NO5S2. The highest BCUT2D eigenvalue weighted by Crippen LogP contribution is 2.26. The van der Waals surface area contributed by atoms with Crippen molar-refractivity contribution in [3.63, 3.8) is 0 Å². The van der Waals surface area contributed by atoms with Crippen molar-refractivity contribution in [1.29, 1.82) is 0 Å². The molecular weight excluding hydrogens is 254 g/mol. The van der Waals surface area contributed by atoms with E-state index in [9.17, 15) is 13.2 Å². The molecule has 1 heterocycles. The third-order valence-electron chi connectivity index (χ3n) is 1.69. The monoisotopic (exact) mass is 265 g/mol.